The zero-order valence-corrected chi connectivity index (χ0v) is 15.2. The van der Waals surface area contributed by atoms with Crippen molar-refractivity contribution in [3.8, 4) is 0 Å². The fourth-order valence-corrected chi connectivity index (χ4v) is 5.37. The summed E-state index contributed by atoms with van der Waals surface area (Å²) < 4.78 is 5.98. The van der Waals surface area contributed by atoms with Crippen molar-refractivity contribution >= 4 is 22.6 Å². The molecule has 2 aromatic rings. The fraction of sp³-hybridized carbons (Fsp3) is 0.455. The van der Waals surface area contributed by atoms with Crippen LogP contribution >= 0.6 is 0 Å². The third-order valence-corrected chi connectivity index (χ3v) is 7.20. The molecule has 0 radical (unpaired) electrons. The number of ether oxygens (including phenoxy) is 1. The molecule has 0 aromatic heterocycles. The molecule has 3 saturated heterocycles. The Hall–Kier alpha value is -2.20. The summed E-state index contributed by atoms with van der Waals surface area (Å²) in [5.74, 6) is -0.0871. The van der Waals surface area contributed by atoms with Gasteiger partial charge in [0.15, 0.2) is 0 Å². The van der Waals surface area contributed by atoms with Crippen LogP contribution in [0.5, 0.6) is 0 Å². The Morgan fingerprint density at radius 2 is 1.58 bits per heavy atom. The third kappa shape index (κ3) is 1.78. The van der Waals surface area contributed by atoms with E-state index in [1.807, 2.05) is 26.0 Å². The van der Waals surface area contributed by atoms with E-state index in [-0.39, 0.29) is 24.0 Å². The molecular weight excluding hydrogens is 326 g/mol. The second-order valence-electron chi connectivity index (χ2n) is 8.29. The van der Waals surface area contributed by atoms with Crippen LogP contribution in [-0.4, -0.2) is 35.5 Å². The SMILES string of the molecule is C[C@@]12C(=O)N(CCc3ccc4ccccc4c3)C(=O)[C@]1(C)[C@H]1CC[C@@H]2O1. The first-order valence-corrected chi connectivity index (χ1v) is 9.46. The lowest BCUT2D eigenvalue weighted by molar-refractivity contribution is -0.145. The van der Waals surface area contributed by atoms with E-state index in [0.717, 1.165) is 18.4 Å². The smallest absolute Gasteiger partial charge is 0.238 e. The van der Waals surface area contributed by atoms with Gasteiger partial charge in [-0.25, -0.2) is 0 Å². The molecule has 4 heteroatoms. The number of fused-ring (bicyclic) bond motifs is 6. The van der Waals surface area contributed by atoms with Crippen molar-refractivity contribution < 1.29 is 14.3 Å². The topological polar surface area (TPSA) is 46.6 Å². The van der Waals surface area contributed by atoms with E-state index in [2.05, 4.69) is 30.3 Å². The highest BCUT2D eigenvalue weighted by atomic mass is 16.5. The summed E-state index contributed by atoms with van der Waals surface area (Å²) in [5.41, 5.74) is -0.247. The van der Waals surface area contributed by atoms with Crippen LogP contribution in [0.4, 0.5) is 0 Å². The van der Waals surface area contributed by atoms with Crippen LogP contribution in [0.25, 0.3) is 10.8 Å². The third-order valence-electron chi connectivity index (χ3n) is 7.20. The molecular formula is C22H23NO3. The molecule has 2 bridgehead atoms. The van der Waals surface area contributed by atoms with Gasteiger partial charge in [0.1, 0.15) is 0 Å². The number of likely N-dealkylation sites (tertiary alicyclic amines) is 1. The predicted molar refractivity (Wildman–Crippen MR) is 98.5 cm³/mol. The molecule has 2 aromatic carbocycles. The summed E-state index contributed by atoms with van der Waals surface area (Å²) in [5, 5.41) is 2.39. The summed E-state index contributed by atoms with van der Waals surface area (Å²) in [6.07, 6.45) is 2.23. The predicted octanol–water partition coefficient (Wildman–Crippen LogP) is 3.32. The molecule has 0 saturated carbocycles. The van der Waals surface area contributed by atoms with Crippen LogP contribution in [0.2, 0.25) is 0 Å². The quantitative estimate of drug-likeness (QED) is 0.799. The molecule has 26 heavy (non-hydrogen) atoms. The largest absolute Gasteiger partial charge is 0.373 e. The molecule has 3 fully saturated rings. The van der Waals surface area contributed by atoms with Gasteiger partial charge in [0.05, 0.1) is 23.0 Å². The summed E-state index contributed by atoms with van der Waals surface area (Å²) in [6, 6.07) is 14.6. The van der Waals surface area contributed by atoms with Gasteiger partial charge in [-0.2, -0.15) is 0 Å². The highest BCUT2D eigenvalue weighted by Gasteiger charge is 2.76. The van der Waals surface area contributed by atoms with E-state index in [1.54, 1.807) is 0 Å². The Kier molecular flexibility index (Phi) is 3.18. The van der Waals surface area contributed by atoms with E-state index in [0.29, 0.717) is 13.0 Å². The van der Waals surface area contributed by atoms with Crippen LogP contribution in [0.1, 0.15) is 32.3 Å². The first-order chi connectivity index (χ1) is 12.5. The fourth-order valence-electron chi connectivity index (χ4n) is 5.37. The number of nitrogens with zero attached hydrogens (tertiary/aromatic N) is 1. The first kappa shape index (κ1) is 16.0. The number of imide groups is 1. The molecule has 0 unspecified atom stereocenters. The van der Waals surface area contributed by atoms with Gasteiger partial charge in [0.25, 0.3) is 0 Å². The van der Waals surface area contributed by atoms with Gasteiger partial charge in [-0.1, -0.05) is 42.5 Å². The number of hydrogen-bond acceptors (Lipinski definition) is 3. The first-order valence-electron chi connectivity index (χ1n) is 9.46. The number of hydrogen-bond donors (Lipinski definition) is 0. The van der Waals surface area contributed by atoms with Crippen LogP contribution < -0.4 is 0 Å². The van der Waals surface area contributed by atoms with Crippen molar-refractivity contribution in [1.29, 1.82) is 0 Å². The molecule has 5 rings (SSSR count). The van der Waals surface area contributed by atoms with Crippen molar-refractivity contribution in [3.05, 3.63) is 48.0 Å². The zero-order valence-electron chi connectivity index (χ0n) is 15.2. The van der Waals surface area contributed by atoms with Crippen molar-refractivity contribution in [2.75, 3.05) is 6.54 Å². The highest BCUT2D eigenvalue weighted by Crippen LogP contribution is 2.64. The monoisotopic (exact) mass is 349 g/mol. The van der Waals surface area contributed by atoms with Crippen molar-refractivity contribution in [2.45, 2.75) is 45.3 Å². The molecule has 4 atom stereocenters. The number of amides is 2. The molecule has 0 aliphatic carbocycles. The Labute approximate surface area is 153 Å². The van der Waals surface area contributed by atoms with Crippen molar-refractivity contribution in [2.24, 2.45) is 10.8 Å². The van der Waals surface area contributed by atoms with Crippen LogP contribution in [0, 0.1) is 10.8 Å². The Morgan fingerprint density at radius 3 is 2.23 bits per heavy atom. The van der Waals surface area contributed by atoms with Crippen LogP contribution in [0.15, 0.2) is 42.5 Å². The number of carbonyl (C=O) groups excluding carboxylic acids is 2. The van der Waals surface area contributed by atoms with Crippen molar-refractivity contribution in [1.82, 2.24) is 4.90 Å². The average molecular weight is 349 g/mol. The number of benzene rings is 2. The zero-order chi connectivity index (χ0) is 18.1. The molecule has 0 spiro atoms. The molecule has 4 nitrogen and oxygen atoms in total. The summed E-state index contributed by atoms with van der Waals surface area (Å²) in [4.78, 5) is 27.8. The van der Waals surface area contributed by atoms with E-state index >= 15 is 0 Å². The summed E-state index contributed by atoms with van der Waals surface area (Å²) >= 11 is 0. The lowest BCUT2D eigenvalue weighted by Gasteiger charge is -2.36. The van der Waals surface area contributed by atoms with Gasteiger partial charge in [-0.3, -0.25) is 14.5 Å². The molecule has 2 amide bonds. The Balaban J connectivity index is 1.41. The summed E-state index contributed by atoms with van der Waals surface area (Å²) in [7, 11) is 0. The minimum absolute atomic E-state index is 0.0435. The molecule has 0 N–H and O–H groups in total. The lowest BCUT2D eigenvalue weighted by Crippen LogP contribution is -2.48. The number of carbonyl (C=O) groups is 2. The van der Waals surface area contributed by atoms with Crippen LogP contribution in [0.3, 0.4) is 0 Å². The lowest BCUT2D eigenvalue weighted by atomic mass is 9.59. The minimum Gasteiger partial charge on any atom is -0.373 e. The Morgan fingerprint density at radius 1 is 0.962 bits per heavy atom. The second-order valence-corrected chi connectivity index (χ2v) is 8.29. The maximum atomic E-state index is 13.2. The van der Waals surface area contributed by atoms with Crippen LogP contribution in [-0.2, 0) is 20.7 Å². The summed E-state index contributed by atoms with van der Waals surface area (Å²) in [6.45, 7) is 4.32. The highest BCUT2D eigenvalue weighted by molar-refractivity contribution is 6.10. The standard InChI is InChI=1S/C22H23NO3/c1-21-17-9-10-18(26-17)22(21,2)20(25)23(19(21)24)12-11-14-7-8-15-5-3-4-6-16(15)13-14/h3-8,13,17-18H,9-12H2,1-2H3/t17-,18+,21+,22-. The van der Waals surface area contributed by atoms with Gasteiger partial charge in [-0.15, -0.1) is 0 Å². The number of rotatable bonds is 3. The molecule has 134 valence electrons. The van der Waals surface area contributed by atoms with Gasteiger partial charge >= 0.3 is 0 Å². The Bertz CT molecular complexity index is 904. The van der Waals surface area contributed by atoms with Gasteiger partial charge in [0, 0.05) is 6.54 Å². The average Bonchev–Trinajstić information content (AvgIpc) is 3.27. The maximum absolute atomic E-state index is 13.2. The van der Waals surface area contributed by atoms with Gasteiger partial charge in [0.2, 0.25) is 11.8 Å². The van der Waals surface area contributed by atoms with E-state index in [9.17, 15) is 9.59 Å². The molecule has 3 aliphatic rings. The van der Waals surface area contributed by atoms with Gasteiger partial charge < -0.3 is 4.74 Å². The van der Waals surface area contributed by atoms with Gasteiger partial charge in [-0.05, 0) is 49.4 Å². The van der Waals surface area contributed by atoms with Crippen molar-refractivity contribution in [3.63, 3.8) is 0 Å². The van der Waals surface area contributed by atoms with E-state index in [1.165, 1.54) is 15.7 Å². The molecule has 3 heterocycles. The minimum atomic E-state index is -0.698. The van der Waals surface area contributed by atoms with E-state index in [4.69, 9.17) is 4.74 Å². The second kappa shape index (κ2) is 5.17. The molecule has 3 aliphatic heterocycles. The normalized spacial score (nSPS) is 35.5. The van der Waals surface area contributed by atoms with E-state index < -0.39 is 10.8 Å². The maximum Gasteiger partial charge on any atom is 0.238 e.